The van der Waals surface area contributed by atoms with Crippen molar-refractivity contribution in [2.75, 3.05) is 0 Å². The maximum absolute atomic E-state index is 10.1. The van der Waals surface area contributed by atoms with Gasteiger partial charge in [0, 0.05) is 10.7 Å². The molecule has 23 heavy (non-hydrogen) atoms. The van der Waals surface area contributed by atoms with E-state index in [0.717, 1.165) is 5.69 Å². The summed E-state index contributed by atoms with van der Waals surface area (Å²) in [6.45, 7) is 0. The van der Waals surface area contributed by atoms with E-state index in [1.165, 1.54) is 0 Å². The minimum Gasteiger partial charge on any atom is -0.507 e. The molecule has 0 atom stereocenters. The Labute approximate surface area is 139 Å². The van der Waals surface area contributed by atoms with E-state index in [4.69, 9.17) is 27.6 Å². The normalized spacial score (nSPS) is 11.2. The zero-order valence-electron chi connectivity index (χ0n) is 11.4. The van der Waals surface area contributed by atoms with Crippen LogP contribution >= 0.6 is 23.2 Å². The van der Waals surface area contributed by atoms with Crippen LogP contribution in [0, 0.1) is 0 Å². The highest BCUT2D eigenvalue weighted by molar-refractivity contribution is 6.38. The molecule has 0 aliphatic carbocycles. The molecule has 1 N–H and O–H groups in total. The topological polar surface area (TPSA) is 77.0 Å². The SMILES string of the molecule is Oc1ccc(-n2cnnc2)cc1-c1nc2cc(Cl)cc(Cl)c2o1. The minimum atomic E-state index is 0.0376. The number of hydrogen-bond acceptors (Lipinski definition) is 5. The Morgan fingerprint density at radius 3 is 2.61 bits per heavy atom. The van der Waals surface area contributed by atoms with E-state index in [2.05, 4.69) is 15.2 Å². The largest absolute Gasteiger partial charge is 0.507 e. The molecule has 2 aromatic carbocycles. The standard InChI is InChI=1S/C15H8Cl2N4O2/c16-8-3-11(17)14-12(4-8)20-15(23-14)10-5-9(1-2-13(10)22)21-6-18-19-7-21/h1-7,22H. The molecule has 0 saturated carbocycles. The third-order valence-corrected chi connectivity index (χ3v) is 3.84. The van der Waals surface area contributed by atoms with Gasteiger partial charge in [0.25, 0.3) is 0 Å². The van der Waals surface area contributed by atoms with Gasteiger partial charge in [-0.15, -0.1) is 10.2 Å². The van der Waals surface area contributed by atoms with Crippen LogP contribution in [0.15, 0.2) is 47.4 Å². The lowest BCUT2D eigenvalue weighted by Gasteiger charge is -2.05. The molecular weight excluding hydrogens is 339 g/mol. The van der Waals surface area contributed by atoms with Gasteiger partial charge in [0.05, 0.1) is 10.6 Å². The predicted molar refractivity (Wildman–Crippen MR) is 86.0 cm³/mol. The summed E-state index contributed by atoms with van der Waals surface area (Å²) in [5.74, 6) is 0.284. The zero-order valence-corrected chi connectivity index (χ0v) is 13.0. The summed E-state index contributed by atoms with van der Waals surface area (Å²) >= 11 is 12.1. The summed E-state index contributed by atoms with van der Waals surface area (Å²) in [7, 11) is 0. The lowest BCUT2D eigenvalue weighted by atomic mass is 10.1. The van der Waals surface area contributed by atoms with E-state index in [1.54, 1.807) is 47.6 Å². The molecule has 4 aromatic rings. The summed E-state index contributed by atoms with van der Waals surface area (Å²) in [6, 6.07) is 8.23. The second-order valence-corrected chi connectivity index (χ2v) is 5.67. The van der Waals surface area contributed by atoms with Crippen molar-refractivity contribution in [3.8, 4) is 22.9 Å². The van der Waals surface area contributed by atoms with E-state index in [9.17, 15) is 5.11 Å². The fraction of sp³-hybridized carbons (Fsp3) is 0. The molecule has 2 aromatic heterocycles. The van der Waals surface area contributed by atoms with Gasteiger partial charge >= 0.3 is 0 Å². The molecule has 0 radical (unpaired) electrons. The van der Waals surface area contributed by atoms with Gasteiger partial charge in [-0.25, -0.2) is 4.98 Å². The number of aromatic hydroxyl groups is 1. The molecule has 0 amide bonds. The van der Waals surface area contributed by atoms with Crippen LogP contribution in [-0.4, -0.2) is 24.9 Å². The summed E-state index contributed by atoms with van der Waals surface area (Å²) in [6.07, 6.45) is 3.11. The monoisotopic (exact) mass is 346 g/mol. The lowest BCUT2D eigenvalue weighted by Crippen LogP contribution is -1.91. The first-order valence-electron chi connectivity index (χ1n) is 6.56. The van der Waals surface area contributed by atoms with Crippen LogP contribution in [0.1, 0.15) is 0 Å². The Hall–Kier alpha value is -2.57. The fourth-order valence-corrected chi connectivity index (χ4v) is 2.79. The number of rotatable bonds is 2. The van der Waals surface area contributed by atoms with E-state index in [1.807, 2.05) is 0 Å². The number of aromatic nitrogens is 4. The Balaban J connectivity index is 1.90. The van der Waals surface area contributed by atoms with Crippen LogP contribution in [-0.2, 0) is 0 Å². The second-order valence-electron chi connectivity index (χ2n) is 4.83. The Morgan fingerprint density at radius 2 is 1.83 bits per heavy atom. The first-order chi connectivity index (χ1) is 11.1. The molecule has 0 saturated heterocycles. The third-order valence-electron chi connectivity index (χ3n) is 3.34. The summed E-state index contributed by atoms with van der Waals surface area (Å²) in [4.78, 5) is 4.35. The van der Waals surface area contributed by atoms with Crippen molar-refractivity contribution in [1.82, 2.24) is 19.7 Å². The van der Waals surface area contributed by atoms with Crippen LogP contribution < -0.4 is 0 Å². The van der Waals surface area contributed by atoms with Gasteiger partial charge in [-0.3, -0.25) is 4.57 Å². The van der Waals surface area contributed by atoms with E-state index < -0.39 is 0 Å². The van der Waals surface area contributed by atoms with E-state index >= 15 is 0 Å². The molecule has 2 heterocycles. The molecule has 0 aliphatic rings. The van der Waals surface area contributed by atoms with E-state index in [0.29, 0.717) is 26.7 Å². The quantitative estimate of drug-likeness (QED) is 0.591. The van der Waals surface area contributed by atoms with Crippen molar-refractivity contribution in [2.45, 2.75) is 0 Å². The number of halogens is 2. The van der Waals surface area contributed by atoms with Gasteiger partial charge in [0.2, 0.25) is 5.89 Å². The van der Waals surface area contributed by atoms with Gasteiger partial charge in [-0.05, 0) is 30.3 Å². The van der Waals surface area contributed by atoms with Crippen molar-refractivity contribution in [3.63, 3.8) is 0 Å². The molecule has 0 bridgehead atoms. The highest BCUT2D eigenvalue weighted by Crippen LogP contribution is 2.35. The first-order valence-corrected chi connectivity index (χ1v) is 7.31. The summed E-state index contributed by atoms with van der Waals surface area (Å²) < 4.78 is 7.39. The smallest absolute Gasteiger partial charge is 0.231 e. The number of fused-ring (bicyclic) bond motifs is 1. The average Bonchev–Trinajstić information content (AvgIpc) is 3.16. The van der Waals surface area contributed by atoms with Gasteiger partial charge < -0.3 is 9.52 Å². The molecule has 6 nitrogen and oxygen atoms in total. The Bertz CT molecular complexity index is 1010. The number of oxazole rings is 1. The van der Waals surface area contributed by atoms with Gasteiger partial charge in [-0.2, -0.15) is 0 Å². The molecule has 0 aliphatic heterocycles. The maximum Gasteiger partial charge on any atom is 0.231 e. The van der Waals surface area contributed by atoms with Gasteiger partial charge in [-0.1, -0.05) is 23.2 Å². The van der Waals surface area contributed by atoms with Crippen molar-refractivity contribution >= 4 is 34.3 Å². The molecule has 0 spiro atoms. The molecule has 0 unspecified atom stereocenters. The lowest BCUT2D eigenvalue weighted by molar-refractivity contribution is 0.474. The second kappa shape index (κ2) is 5.26. The Morgan fingerprint density at radius 1 is 1.04 bits per heavy atom. The number of phenolic OH excluding ortho intramolecular Hbond substituents is 1. The predicted octanol–water partition coefficient (Wildman–Crippen LogP) is 4.09. The molecule has 0 fully saturated rings. The number of phenols is 1. The van der Waals surface area contributed by atoms with Crippen LogP contribution in [0.5, 0.6) is 5.75 Å². The van der Waals surface area contributed by atoms with Gasteiger partial charge in [0.1, 0.15) is 23.9 Å². The Kier molecular flexibility index (Phi) is 3.21. The van der Waals surface area contributed by atoms with Crippen molar-refractivity contribution in [1.29, 1.82) is 0 Å². The van der Waals surface area contributed by atoms with E-state index in [-0.39, 0.29) is 11.6 Å². The number of nitrogens with zero attached hydrogens (tertiary/aromatic N) is 4. The highest BCUT2D eigenvalue weighted by atomic mass is 35.5. The minimum absolute atomic E-state index is 0.0376. The molecule has 8 heteroatoms. The summed E-state index contributed by atoms with van der Waals surface area (Å²) in [5, 5.41) is 18.5. The van der Waals surface area contributed by atoms with Crippen LogP contribution in [0.25, 0.3) is 28.2 Å². The average molecular weight is 347 g/mol. The third kappa shape index (κ3) is 2.42. The molecule has 114 valence electrons. The number of hydrogen-bond donors (Lipinski definition) is 1. The maximum atomic E-state index is 10.1. The van der Waals surface area contributed by atoms with Crippen molar-refractivity contribution < 1.29 is 9.52 Å². The van der Waals surface area contributed by atoms with Crippen LogP contribution in [0.4, 0.5) is 0 Å². The highest BCUT2D eigenvalue weighted by Gasteiger charge is 2.16. The number of benzene rings is 2. The van der Waals surface area contributed by atoms with Crippen molar-refractivity contribution in [2.24, 2.45) is 0 Å². The first kappa shape index (κ1) is 14.0. The van der Waals surface area contributed by atoms with Gasteiger partial charge in [0.15, 0.2) is 5.58 Å². The fourth-order valence-electron chi connectivity index (χ4n) is 2.26. The zero-order chi connectivity index (χ0) is 16.0. The van der Waals surface area contributed by atoms with Crippen molar-refractivity contribution in [3.05, 3.63) is 53.0 Å². The van der Waals surface area contributed by atoms with Crippen LogP contribution in [0.3, 0.4) is 0 Å². The summed E-state index contributed by atoms with van der Waals surface area (Å²) in [5.41, 5.74) is 2.13. The molecular formula is C15H8Cl2N4O2. The van der Waals surface area contributed by atoms with Crippen LogP contribution in [0.2, 0.25) is 10.0 Å². The molecule has 4 rings (SSSR count).